The number of hydrogen-bond donors (Lipinski definition) is 1. The summed E-state index contributed by atoms with van der Waals surface area (Å²) < 4.78 is 26.1. The number of hydrogen-bond acceptors (Lipinski definition) is 3. The Morgan fingerprint density at radius 3 is 3.00 bits per heavy atom. The second kappa shape index (κ2) is 4.10. The molecule has 0 aromatic carbocycles. The highest BCUT2D eigenvalue weighted by Gasteiger charge is 2.19. The number of halogens is 2. The molecular weight excluding hydrogens is 200 g/mol. The van der Waals surface area contributed by atoms with Gasteiger partial charge in [0.15, 0.2) is 11.6 Å². The van der Waals surface area contributed by atoms with Gasteiger partial charge in [0.2, 0.25) is 0 Å². The van der Waals surface area contributed by atoms with Crippen LogP contribution < -0.4 is 10.2 Å². The minimum atomic E-state index is -0.639. The zero-order chi connectivity index (χ0) is 10.8. The number of pyridine rings is 1. The summed E-state index contributed by atoms with van der Waals surface area (Å²) in [7, 11) is 0. The van der Waals surface area contributed by atoms with Gasteiger partial charge in [0.05, 0.1) is 6.20 Å². The molecular formula is C10H13F2N3. The van der Waals surface area contributed by atoms with Gasteiger partial charge in [-0.3, -0.25) is 0 Å². The average molecular weight is 213 g/mol. The monoisotopic (exact) mass is 213 g/mol. The van der Waals surface area contributed by atoms with E-state index in [1.54, 1.807) is 0 Å². The van der Waals surface area contributed by atoms with Crippen LogP contribution in [0.3, 0.4) is 0 Å². The molecule has 0 aliphatic carbocycles. The van der Waals surface area contributed by atoms with E-state index in [4.69, 9.17) is 0 Å². The smallest absolute Gasteiger partial charge is 0.168 e. The third kappa shape index (κ3) is 2.23. The van der Waals surface area contributed by atoms with Crippen molar-refractivity contribution in [3.8, 4) is 0 Å². The minimum absolute atomic E-state index is 0.241. The first-order valence-corrected chi connectivity index (χ1v) is 4.96. The number of anilines is 1. The first-order chi connectivity index (χ1) is 7.16. The molecule has 3 nitrogen and oxygen atoms in total. The summed E-state index contributed by atoms with van der Waals surface area (Å²) in [5.41, 5.74) is 0. The van der Waals surface area contributed by atoms with Crippen molar-refractivity contribution in [1.29, 1.82) is 0 Å². The SMILES string of the molecule is C[C@@H]1CN(c2ncc(F)cc2F)CCN1. The van der Waals surface area contributed by atoms with Crippen LogP contribution >= 0.6 is 0 Å². The fourth-order valence-corrected chi connectivity index (χ4v) is 1.76. The van der Waals surface area contributed by atoms with Crippen LogP contribution in [0.25, 0.3) is 0 Å². The number of nitrogens with one attached hydrogen (secondary N) is 1. The molecule has 0 unspecified atom stereocenters. The van der Waals surface area contributed by atoms with E-state index in [-0.39, 0.29) is 5.82 Å². The zero-order valence-electron chi connectivity index (χ0n) is 8.50. The molecule has 2 heterocycles. The lowest BCUT2D eigenvalue weighted by Gasteiger charge is -2.32. The van der Waals surface area contributed by atoms with Crippen molar-refractivity contribution < 1.29 is 8.78 Å². The molecule has 1 atom stereocenters. The molecule has 1 fully saturated rings. The molecule has 0 radical (unpaired) electrons. The molecule has 0 amide bonds. The van der Waals surface area contributed by atoms with E-state index in [2.05, 4.69) is 10.3 Å². The van der Waals surface area contributed by atoms with Crippen molar-refractivity contribution in [2.24, 2.45) is 0 Å². The number of aromatic nitrogens is 1. The number of nitrogens with zero attached hydrogens (tertiary/aromatic N) is 2. The molecule has 2 rings (SSSR count). The maximum absolute atomic E-state index is 13.4. The first-order valence-electron chi connectivity index (χ1n) is 4.96. The number of rotatable bonds is 1. The normalized spacial score (nSPS) is 21.8. The summed E-state index contributed by atoms with van der Waals surface area (Å²) in [6.45, 7) is 4.20. The number of piperazine rings is 1. The highest BCUT2D eigenvalue weighted by atomic mass is 19.1. The van der Waals surface area contributed by atoms with Gasteiger partial charge in [-0.15, -0.1) is 0 Å². The predicted molar refractivity (Wildman–Crippen MR) is 53.8 cm³/mol. The second-order valence-corrected chi connectivity index (χ2v) is 3.76. The Morgan fingerprint density at radius 1 is 1.53 bits per heavy atom. The van der Waals surface area contributed by atoms with Crippen LogP contribution in [0, 0.1) is 11.6 Å². The van der Waals surface area contributed by atoms with Crippen molar-refractivity contribution in [1.82, 2.24) is 10.3 Å². The Kier molecular flexibility index (Phi) is 2.81. The Morgan fingerprint density at radius 2 is 2.33 bits per heavy atom. The molecule has 1 aliphatic heterocycles. The van der Waals surface area contributed by atoms with E-state index in [1.807, 2.05) is 11.8 Å². The van der Waals surface area contributed by atoms with Crippen LogP contribution in [-0.4, -0.2) is 30.7 Å². The molecule has 1 N–H and O–H groups in total. The van der Waals surface area contributed by atoms with Gasteiger partial charge in [0, 0.05) is 31.7 Å². The van der Waals surface area contributed by atoms with Crippen molar-refractivity contribution >= 4 is 5.82 Å². The van der Waals surface area contributed by atoms with E-state index in [9.17, 15) is 8.78 Å². The van der Waals surface area contributed by atoms with E-state index < -0.39 is 11.6 Å². The van der Waals surface area contributed by atoms with Crippen LogP contribution in [0.4, 0.5) is 14.6 Å². The van der Waals surface area contributed by atoms with Gasteiger partial charge in [-0.05, 0) is 6.92 Å². The molecule has 0 saturated carbocycles. The maximum atomic E-state index is 13.4. The predicted octanol–water partition coefficient (Wildman–Crippen LogP) is 1.16. The third-order valence-corrected chi connectivity index (χ3v) is 2.46. The molecule has 5 heteroatoms. The Bertz CT molecular complexity index is 357. The van der Waals surface area contributed by atoms with Crippen LogP contribution in [0.5, 0.6) is 0 Å². The molecule has 1 aliphatic rings. The highest BCUT2D eigenvalue weighted by molar-refractivity contribution is 5.40. The lowest BCUT2D eigenvalue weighted by atomic mass is 10.2. The summed E-state index contributed by atoms with van der Waals surface area (Å²) in [6, 6.07) is 1.17. The average Bonchev–Trinajstić information content (AvgIpc) is 2.17. The maximum Gasteiger partial charge on any atom is 0.168 e. The van der Waals surface area contributed by atoms with Gasteiger partial charge in [0.25, 0.3) is 0 Å². The van der Waals surface area contributed by atoms with Gasteiger partial charge in [0.1, 0.15) is 5.82 Å². The van der Waals surface area contributed by atoms with Crippen molar-refractivity contribution in [2.75, 3.05) is 24.5 Å². The van der Waals surface area contributed by atoms with Crippen LogP contribution in [0.2, 0.25) is 0 Å². The molecule has 1 aromatic heterocycles. The van der Waals surface area contributed by atoms with Gasteiger partial charge in [-0.2, -0.15) is 0 Å². The molecule has 0 spiro atoms. The molecule has 82 valence electrons. The van der Waals surface area contributed by atoms with Gasteiger partial charge < -0.3 is 10.2 Å². The third-order valence-electron chi connectivity index (χ3n) is 2.46. The fourth-order valence-electron chi connectivity index (χ4n) is 1.76. The Labute approximate surface area is 87.1 Å². The van der Waals surface area contributed by atoms with Gasteiger partial charge in [-0.25, -0.2) is 13.8 Å². The highest BCUT2D eigenvalue weighted by Crippen LogP contribution is 2.17. The molecule has 1 aromatic rings. The lowest BCUT2D eigenvalue weighted by molar-refractivity contribution is 0.473. The first kappa shape index (κ1) is 10.3. The van der Waals surface area contributed by atoms with E-state index in [0.29, 0.717) is 19.1 Å². The quantitative estimate of drug-likeness (QED) is 0.758. The van der Waals surface area contributed by atoms with Gasteiger partial charge in [-0.1, -0.05) is 0 Å². The van der Waals surface area contributed by atoms with Crippen LogP contribution in [0.15, 0.2) is 12.3 Å². The van der Waals surface area contributed by atoms with Gasteiger partial charge >= 0.3 is 0 Å². The molecule has 1 saturated heterocycles. The Balaban J connectivity index is 2.21. The summed E-state index contributed by atoms with van der Waals surface area (Å²) in [5, 5.41) is 3.25. The summed E-state index contributed by atoms with van der Waals surface area (Å²) in [5.74, 6) is -0.992. The van der Waals surface area contributed by atoms with E-state index >= 15 is 0 Å². The zero-order valence-corrected chi connectivity index (χ0v) is 8.50. The van der Waals surface area contributed by atoms with Crippen LogP contribution in [0.1, 0.15) is 6.92 Å². The minimum Gasteiger partial charge on any atom is -0.351 e. The summed E-state index contributed by atoms with van der Waals surface area (Å²) in [6.07, 6.45) is 1.05. The molecule has 0 bridgehead atoms. The topological polar surface area (TPSA) is 28.2 Å². The van der Waals surface area contributed by atoms with E-state index in [1.165, 1.54) is 0 Å². The van der Waals surface area contributed by atoms with Crippen LogP contribution in [-0.2, 0) is 0 Å². The van der Waals surface area contributed by atoms with Crippen molar-refractivity contribution in [3.05, 3.63) is 23.9 Å². The Hall–Kier alpha value is -1.23. The van der Waals surface area contributed by atoms with Crippen molar-refractivity contribution in [3.63, 3.8) is 0 Å². The standard InChI is InChI=1S/C10H13F2N3/c1-7-6-15(3-2-13-7)10-9(12)4-8(11)5-14-10/h4-5,7,13H,2-3,6H2,1H3/t7-/m1/s1. The summed E-state index contributed by atoms with van der Waals surface area (Å²) >= 11 is 0. The summed E-state index contributed by atoms with van der Waals surface area (Å²) in [4.78, 5) is 5.61. The largest absolute Gasteiger partial charge is 0.351 e. The van der Waals surface area contributed by atoms with E-state index in [0.717, 1.165) is 18.8 Å². The van der Waals surface area contributed by atoms with Crippen molar-refractivity contribution in [2.45, 2.75) is 13.0 Å². The second-order valence-electron chi connectivity index (χ2n) is 3.76. The lowest BCUT2D eigenvalue weighted by Crippen LogP contribution is -2.49. The molecule has 15 heavy (non-hydrogen) atoms. The fraction of sp³-hybridized carbons (Fsp3) is 0.500.